The van der Waals surface area contributed by atoms with Crippen molar-refractivity contribution in [2.45, 2.75) is 25.8 Å². The van der Waals surface area contributed by atoms with Gasteiger partial charge in [-0.2, -0.15) is 0 Å². The summed E-state index contributed by atoms with van der Waals surface area (Å²) in [4.78, 5) is 27.3. The number of anilines is 1. The summed E-state index contributed by atoms with van der Waals surface area (Å²) in [6, 6.07) is 25.1. The average Bonchev–Trinajstić information content (AvgIpc) is 2.86. The molecule has 34 heavy (non-hydrogen) atoms. The molecule has 1 heterocycles. The van der Waals surface area contributed by atoms with Crippen molar-refractivity contribution < 1.29 is 14.7 Å². The Morgan fingerprint density at radius 2 is 1.53 bits per heavy atom. The van der Waals surface area contributed by atoms with Gasteiger partial charge < -0.3 is 15.7 Å². The third kappa shape index (κ3) is 6.02. The number of phenolic OH excluding ortho intramolecular Hbond substituents is 1. The molecule has 1 saturated heterocycles. The zero-order valence-corrected chi connectivity index (χ0v) is 19.4. The van der Waals surface area contributed by atoms with Crippen LogP contribution in [0.25, 0.3) is 11.1 Å². The number of benzene rings is 3. The Balaban J connectivity index is 1.22. The molecule has 3 aromatic carbocycles. The molecule has 0 radical (unpaired) electrons. The number of hydrogen-bond donors (Lipinski definition) is 3. The topological polar surface area (TPSA) is 81.7 Å². The molecule has 0 bridgehead atoms. The lowest BCUT2D eigenvalue weighted by molar-refractivity contribution is -0.124. The first kappa shape index (κ1) is 23.5. The van der Waals surface area contributed by atoms with Crippen LogP contribution in [0.15, 0.2) is 78.9 Å². The monoisotopic (exact) mass is 457 g/mol. The van der Waals surface area contributed by atoms with Crippen molar-refractivity contribution in [2.75, 3.05) is 25.0 Å². The van der Waals surface area contributed by atoms with Gasteiger partial charge in [0.25, 0.3) is 0 Å². The molecular formula is C28H31N3O3. The molecule has 0 aromatic heterocycles. The van der Waals surface area contributed by atoms with Crippen molar-refractivity contribution in [1.29, 1.82) is 0 Å². The van der Waals surface area contributed by atoms with E-state index in [1.54, 1.807) is 24.3 Å². The molecule has 176 valence electrons. The van der Waals surface area contributed by atoms with Gasteiger partial charge in [0.2, 0.25) is 11.8 Å². The number of likely N-dealkylation sites (tertiary alicyclic amines) is 1. The Morgan fingerprint density at radius 1 is 0.912 bits per heavy atom. The number of piperidine rings is 1. The Kier molecular flexibility index (Phi) is 7.60. The summed E-state index contributed by atoms with van der Waals surface area (Å²) in [6.07, 6.45) is 1.37. The highest BCUT2D eigenvalue weighted by atomic mass is 16.3. The number of nitrogens with one attached hydrogen (secondary N) is 2. The fourth-order valence-corrected chi connectivity index (χ4v) is 4.34. The minimum absolute atomic E-state index is 0.0169. The van der Waals surface area contributed by atoms with E-state index in [0.29, 0.717) is 38.2 Å². The number of para-hydroxylation sites is 2. The minimum atomic E-state index is -0.124. The van der Waals surface area contributed by atoms with Crippen LogP contribution in [0.2, 0.25) is 0 Å². The predicted octanol–water partition coefficient (Wildman–Crippen LogP) is 4.59. The van der Waals surface area contributed by atoms with Crippen LogP contribution >= 0.6 is 0 Å². The van der Waals surface area contributed by atoms with Gasteiger partial charge in [-0.15, -0.1) is 0 Å². The molecule has 1 aliphatic heterocycles. The molecule has 2 amide bonds. The number of phenols is 1. The smallest absolute Gasteiger partial charge is 0.234 e. The second-order valence-corrected chi connectivity index (χ2v) is 8.83. The normalized spacial score (nSPS) is 15.4. The van der Waals surface area contributed by atoms with Gasteiger partial charge in [-0.05, 0) is 61.7 Å². The van der Waals surface area contributed by atoms with E-state index < -0.39 is 0 Å². The van der Waals surface area contributed by atoms with E-state index in [1.165, 1.54) is 5.56 Å². The molecule has 4 rings (SSSR count). The zero-order chi connectivity index (χ0) is 23.9. The Labute approximate surface area is 200 Å². The number of hydrogen-bond acceptors (Lipinski definition) is 4. The van der Waals surface area contributed by atoms with Gasteiger partial charge in [-0.1, -0.05) is 66.7 Å². The van der Waals surface area contributed by atoms with E-state index in [9.17, 15) is 14.7 Å². The van der Waals surface area contributed by atoms with Crippen LogP contribution in [-0.4, -0.2) is 41.5 Å². The van der Waals surface area contributed by atoms with E-state index in [2.05, 4.69) is 51.9 Å². The molecule has 0 unspecified atom stereocenters. The third-order valence-corrected chi connectivity index (χ3v) is 6.38. The van der Waals surface area contributed by atoms with Gasteiger partial charge in [0.05, 0.1) is 18.3 Å². The summed E-state index contributed by atoms with van der Waals surface area (Å²) < 4.78 is 0. The quantitative estimate of drug-likeness (QED) is 0.454. The average molecular weight is 458 g/mol. The highest BCUT2D eigenvalue weighted by molar-refractivity contribution is 5.94. The van der Waals surface area contributed by atoms with E-state index in [-0.39, 0.29) is 29.5 Å². The second kappa shape index (κ2) is 11.0. The van der Waals surface area contributed by atoms with Crippen molar-refractivity contribution in [3.8, 4) is 16.9 Å². The number of amides is 2. The highest BCUT2D eigenvalue weighted by Gasteiger charge is 2.26. The van der Waals surface area contributed by atoms with Gasteiger partial charge in [0.15, 0.2) is 0 Å². The first-order valence-corrected chi connectivity index (χ1v) is 11.8. The number of rotatable bonds is 7. The van der Waals surface area contributed by atoms with Gasteiger partial charge in [-0.25, -0.2) is 0 Å². The van der Waals surface area contributed by atoms with Crippen LogP contribution in [-0.2, 0) is 9.59 Å². The SMILES string of the molecule is C[C@@H](NC(=O)CN1CCC(C(=O)Nc2ccccc2O)CC1)c1ccc(-c2ccccc2)cc1. The maximum atomic E-state index is 12.6. The molecule has 0 aliphatic carbocycles. The van der Waals surface area contributed by atoms with Crippen LogP contribution < -0.4 is 10.6 Å². The summed E-state index contributed by atoms with van der Waals surface area (Å²) in [7, 11) is 0. The van der Waals surface area contributed by atoms with Crippen LogP contribution in [0.3, 0.4) is 0 Å². The largest absolute Gasteiger partial charge is 0.506 e. The lowest BCUT2D eigenvalue weighted by Crippen LogP contribution is -2.43. The van der Waals surface area contributed by atoms with Crippen LogP contribution in [0.4, 0.5) is 5.69 Å². The van der Waals surface area contributed by atoms with Crippen molar-refractivity contribution in [2.24, 2.45) is 5.92 Å². The fourth-order valence-electron chi connectivity index (χ4n) is 4.34. The summed E-state index contributed by atoms with van der Waals surface area (Å²) in [6.45, 7) is 3.68. The summed E-state index contributed by atoms with van der Waals surface area (Å²) in [5.41, 5.74) is 3.81. The molecular weight excluding hydrogens is 426 g/mol. The van der Waals surface area contributed by atoms with E-state index in [1.807, 2.05) is 25.1 Å². The molecule has 6 nitrogen and oxygen atoms in total. The molecule has 3 N–H and O–H groups in total. The molecule has 0 spiro atoms. The van der Waals surface area contributed by atoms with E-state index in [0.717, 1.165) is 11.1 Å². The standard InChI is InChI=1S/C28H31N3O3/c1-20(21-11-13-23(14-12-21)22-7-3-2-4-8-22)29-27(33)19-31-17-15-24(16-18-31)28(34)30-25-9-5-6-10-26(25)32/h2-14,20,24,32H,15-19H2,1H3,(H,29,33)(H,30,34)/t20-/m1/s1. The van der Waals surface area contributed by atoms with E-state index >= 15 is 0 Å². The Bertz CT molecular complexity index is 1110. The third-order valence-electron chi connectivity index (χ3n) is 6.38. The minimum Gasteiger partial charge on any atom is -0.506 e. The number of carbonyl (C=O) groups is 2. The van der Waals surface area contributed by atoms with Crippen LogP contribution in [0.5, 0.6) is 5.75 Å². The van der Waals surface area contributed by atoms with Crippen molar-refractivity contribution in [3.05, 3.63) is 84.4 Å². The summed E-state index contributed by atoms with van der Waals surface area (Å²) >= 11 is 0. The number of nitrogens with zero attached hydrogens (tertiary/aromatic N) is 1. The maximum absolute atomic E-state index is 12.6. The van der Waals surface area contributed by atoms with E-state index in [4.69, 9.17) is 0 Å². The zero-order valence-electron chi connectivity index (χ0n) is 19.4. The molecule has 3 aromatic rings. The van der Waals surface area contributed by atoms with Crippen molar-refractivity contribution >= 4 is 17.5 Å². The van der Waals surface area contributed by atoms with Crippen molar-refractivity contribution in [3.63, 3.8) is 0 Å². The lowest BCUT2D eigenvalue weighted by atomic mass is 9.95. The summed E-state index contributed by atoms with van der Waals surface area (Å²) in [5.74, 6) is -0.162. The van der Waals surface area contributed by atoms with Crippen LogP contribution in [0.1, 0.15) is 31.4 Å². The van der Waals surface area contributed by atoms with Gasteiger partial charge in [-0.3, -0.25) is 14.5 Å². The molecule has 1 aliphatic rings. The molecule has 0 saturated carbocycles. The molecule has 1 atom stereocenters. The first-order chi connectivity index (χ1) is 16.5. The highest BCUT2D eigenvalue weighted by Crippen LogP contribution is 2.25. The maximum Gasteiger partial charge on any atom is 0.234 e. The number of aromatic hydroxyl groups is 1. The second-order valence-electron chi connectivity index (χ2n) is 8.83. The molecule has 1 fully saturated rings. The molecule has 6 heteroatoms. The first-order valence-electron chi connectivity index (χ1n) is 11.8. The number of carbonyl (C=O) groups excluding carboxylic acids is 2. The Morgan fingerprint density at radius 3 is 2.21 bits per heavy atom. The van der Waals surface area contributed by atoms with Gasteiger partial charge in [0, 0.05) is 5.92 Å². The van der Waals surface area contributed by atoms with Gasteiger partial charge in [0.1, 0.15) is 5.75 Å². The lowest BCUT2D eigenvalue weighted by Gasteiger charge is -2.31. The van der Waals surface area contributed by atoms with Crippen molar-refractivity contribution in [1.82, 2.24) is 10.2 Å². The predicted molar refractivity (Wildman–Crippen MR) is 134 cm³/mol. The fraction of sp³-hybridized carbons (Fsp3) is 0.286. The van der Waals surface area contributed by atoms with Gasteiger partial charge >= 0.3 is 0 Å². The van der Waals surface area contributed by atoms with Crippen LogP contribution in [0, 0.1) is 5.92 Å². The Hall–Kier alpha value is -3.64. The summed E-state index contributed by atoms with van der Waals surface area (Å²) in [5, 5.41) is 15.7.